The molecule has 7 heteroatoms. The molecule has 118 valence electrons. The third-order valence-corrected chi connectivity index (χ3v) is 3.78. The molecule has 0 spiro atoms. The average molecular weight is 311 g/mol. The van der Waals surface area contributed by atoms with Crippen molar-refractivity contribution in [1.82, 2.24) is 20.2 Å². The van der Waals surface area contributed by atoms with Gasteiger partial charge in [-0.2, -0.15) is 10.2 Å². The normalized spacial score (nSPS) is 14.5. The Morgan fingerprint density at radius 2 is 2.22 bits per heavy atom. The van der Waals surface area contributed by atoms with Crippen molar-refractivity contribution in [3.63, 3.8) is 0 Å². The highest BCUT2D eigenvalue weighted by Gasteiger charge is 2.17. The predicted molar refractivity (Wildman–Crippen MR) is 84.9 cm³/mol. The van der Waals surface area contributed by atoms with Crippen LogP contribution < -0.4 is 4.90 Å². The lowest BCUT2D eigenvalue weighted by Crippen LogP contribution is -2.29. The molecule has 0 amide bonds. The van der Waals surface area contributed by atoms with Crippen LogP contribution in [0, 0.1) is 6.92 Å². The van der Waals surface area contributed by atoms with E-state index in [4.69, 9.17) is 5.11 Å². The van der Waals surface area contributed by atoms with Gasteiger partial charge in [0.25, 0.3) is 0 Å². The molecule has 3 rings (SSSR count). The van der Waals surface area contributed by atoms with Crippen molar-refractivity contribution in [1.29, 1.82) is 0 Å². The van der Waals surface area contributed by atoms with Crippen molar-refractivity contribution in [3.8, 4) is 0 Å². The number of rotatable bonds is 4. The highest BCUT2D eigenvalue weighted by atomic mass is 16.4. The minimum atomic E-state index is -0.906. The lowest BCUT2D eigenvalue weighted by atomic mass is 10.0. The molecule has 7 nitrogen and oxygen atoms in total. The Hall–Kier alpha value is -2.83. The van der Waals surface area contributed by atoms with E-state index in [1.807, 2.05) is 13.0 Å². The molecule has 0 saturated heterocycles. The summed E-state index contributed by atoms with van der Waals surface area (Å²) in [4.78, 5) is 21.2. The lowest BCUT2D eigenvalue weighted by Gasteiger charge is -2.27. The number of carboxylic acids is 1. The SMILES string of the molecule is Cc1ccnnc1C1=CCN(c2cnc(CC(=O)O)cn2)CC1. The van der Waals surface area contributed by atoms with Crippen LogP contribution in [-0.2, 0) is 11.2 Å². The number of carbonyl (C=O) groups is 1. The Morgan fingerprint density at radius 3 is 2.83 bits per heavy atom. The van der Waals surface area contributed by atoms with Crippen LogP contribution in [0.3, 0.4) is 0 Å². The van der Waals surface area contributed by atoms with E-state index in [1.165, 1.54) is 11.8 Å². The van der Waals surface area contributed by atoms with Gasteiger partial charge >= 0.3 is 5.97 Å². The third-order valence-electron chi connectivity index (χ3n) is 3.78. The Kier molecular flexibility index (Phi) is 4.27. The Morgan fingerprint density at radius 1 is 1.35 bits per heavy atom. The van der Waals surface area contributed by atoms with E-state index in [0.717, 1.165) is 36.6 Å². The number of carboxylic acid groups (broad SMARTS) is 1. The van der Waals surface area contributed by atoms with E-state index in [2.05, 4.69) is 31.1 Å². The van der Waals surface area contributed by atoms with E-state index in [-0.39, 0.29) is 6.42 Å². The maximum atomic E-state index is 10.7. The molecule has 0 saturated carbocycles. The first-order chi connectivity index (χ1) is 11.1. The molecule has 23 heavy (non-hydrogen) atoms. The van der Waals surface area contributed by atoms with Crippen LogP contribution in [0.1, 0.15) is 23.4 Å². The number of aliphatic carboxylic acids is 1. The quantitative estimate of drug-likeness (QED) is 0.914. The van der Waals surface area contributed by atoms with Gasteiger partial charge in [0, 0.05) is 19.3 Å². The molecular formula is C16H17N5O2. The van der Waals surface area contributed by atoms with Crippen LogP contribution in [0.5, 0.6) is 0 Å². The van der Waals surface area contributed by atoms with Gasteiger partial charge in [0.05, 0.1) is 30.2 Å². The fourth-order valence-electron chi connectivity index (χ4n) is 2.56. The number of aryl methyl sites for hydroxylation is 1. The largest absolute Gasteiger partial charge is 0.481 e. The summed E-state index contributed by atoms with van der Waals surface area (Å²) in [7, 11) is 0. The second-order valence-corrected chi connectivity index (χ2v) is 5.42. The van der Waals surface area contributed by atoms with Gasteiger partial charge in [-0.1, -0.05) is 6.08 Å². The molecule has 1 aliphatic rings. The molecule has 0 aromatic carbocycles. The van der Waals surface area contributed by atoms with Crippen LogP contribution in [0.4, 0.5) is 5.82 Å². The number of hydrogen-bond acceptors (Lipinski definition) is 6. The fraction of sp³-hybridized carbons (Fsp3) is 0.312. The van der Waals surface area contributed by atoms with Crippen LogP contribution in [0.25, 0.3) is 5.57 Å². The molecule has 2 aromatic rings. The third kappa shape index (κ3) is 3.50. The minimum Gasteiger partial charge on any atom is -0.481 e. The van der Waals surface area contributed by atoms with Gasteiger partial charge in [-0.15, -0.1) is 0 Å². The lowest BCUT2D eigenvalue weighted by molar-refractivity contribution is -0.136. The van der Waals surface area contributed by atoms with Gasteiger partial charge in [-0.05, 0) is 30.5 Å². The fourth-order valence-corrected chi connectivity index (χ4v) is 2.56. The first-order valence-electron chi connectivity index (χ1n) is 7.39. The zero-order valence-corrected chi connectivity index (χ0v) is 12.8. The zero-order valence-electron chi connectivity index (χ0n) is 12.8. The highest BCUT2D eigenvalue weighted by molar-refractivity contribution is 5.69. The first kappa shape index (κ1) is 15.1. The molecule has 1 aliphatic heterocycles. The highest BCUT2D eigenvalue weighted by Crippen LogP contribution is 2.24. The Balaban J connectivity index is 1.71. The zero-order chi connectivity index (χ0) is 16.2. The van der Waals surface area contributed by atoms with E-state index < -0.39 is 5.97 Å². The monoisotopic (exact) mass is 311 g/mol. The van der Waals surface area contributed by atoms with Crippen molar-refractivity contribution in [2.45, 2.75) is 19.8 Å². The summed E-state index contributed by atoms with van der Waals surface area (Å²) in [6, 6.07) is 1.96. The minimum absolute atomic E-state index is 0.108. The predicted octanol–water partition coefficient (Wildman–Crippen LogP) is 1.50. The van der Waals surface area contributed by atoms with Crippen molar-refractivity contribution in [2.75, 3.05) is 18.0 Å². The molecule has 3 heterocycles. The summed E-state index contributed by atoms with van der Waals surface area (Å²) in [5.74, 6) is -0.151. The number of nitrogens with zero attached hydrogens (tertiary/aromatic N) is 5. The average Bonchev–Trinajstić information content (AvgIpc) is 2.56. The molecule has 0 fully saturated rings. The van der Waals surface area contributed by atoms with Gasteiger partial charge in [0.2, 0.25) is 0 Å². The molecule has 0 bridgehead atoms. The smallest absolute Gasteiger partial charge is 0.309 e. The van der Waals surface area contributed by atoms with Crippen LogP contribution >= 0.6 is 0 Å². The Bertz CT molecular complexity index is 742. The van der Waals surface area contributed by atoms with Crippen molar-refractivity contribution in [2.24, 2.45) is 0 Å². The van der Waals surface area contributed by atoms with Crippen molar-refractivity contribution in [3.05, 3.63) is 47.7 Å². The van der Waals surface area contributed by atoms with Crippen LogP contribution in [0.2, 0.25) is 0 Å². The van der Waals surface area contributed by atoms with Crippen molar-refractivity contribution < 1.29 is 9.90 Å². The van der Waals surface area contributed by atoms with Gasteiger partial charge in [-0.25, -0.2) is 4.98 Å². The summed E-state index contributed by atoms with van der Waals surface area (Å²) in [6.07, 6.45) is 7.73. The van der Waals surface area contributed by atoms with Crippen molar-refractivity contribution >= 4 is 17.4 Å². The first-order valence-corrected chi connectivity index (χ1v) is 7.39. The summed E-state index contributed by atoms with van der Waals surface area (Å²) < 4.78 is 0. The molecular weight excluding hydrogens is 294 g/mol. The summed E-state index contributed by atoms with van der Waals surface area (Å²) in [5.41, 5.74) is 3.74. The maximum Gasteiger partial charge on any atom is 0.309 e. The molecule has 0 atom stereocenters. The van der Waals surface area contributed by atoms with Gasteiger partial charge in [-0.3, -0.25) is 9.78 Å². The van der Waals surface area contributed by atoms with E-state index >= 15 is 0 Å². The molecule has 0 aliphatic carbocycles. The van der Waals surface area contributed by atoms with Crippen LogP contribution in [0.15, 0.2) is 30.7 Å². The molecule has 2 aromatic heterocycles. The topological polar surface area (TPSA) is 92.1 Å². The number of hydrogen-bond donors (Lipinski definition) is 1. The molecule has 1 N–H and O–H groups in total. The number of anilines is 1. The van der Waals surface area contributed by atoms with Crippen LogP contribution in [-0.4, -0.2) is 44.3 Å². The van der Waals surface area contributed by atoms with Gasteiger partial charge < -0.3 is 10.0 Å². The molecule has 0 unspecified atom stereocenters. The maximum absolute atomic E-state index is 10.7. The van der Waals surface area contributed by atoms with E-state index in [0.29, 0.717) is 5.69 Å². The standard InChI is InChI=1S/C16H17N5O2/c1-11-2-5-19-20-16(11)12-3-6-21(7-4-12)14-10-17-13(9-18-14)8-15(22)23/h2-3,5,9-10H,4,6-8H2,1H3,(H,22,23). The second kappa shape index (κ2) is 6.51. The van der Waals surface area contributed by atoms with E-state index in [9.17, 15) is 4.79 Å². The summed E-state index contributed by atoms with van der Waals surface area (Å²) >= 11 is 0. The summed E-state index contributed by atoms with van der Waals surface area (Å²) in [6.45, 7) is 3.57. The van der Waals surface area contributed by atoms with Gasteiger partial charge in [0.15, 0.2) is 0 Å². The Labute approximate surface area is 133 Å². The second-order valence-electron chi connectivity index (χ2n) is 5.42. The summed E-state index contributed by atoms with van der Waals surface area (Å²) in [5, 5.41) is 16.9. The molecule has 0 radical (unpaired) electrons. The van der Waals surface area contributed by atoms with Gasteiger partial charge in [0.1, 0.15) is 5.82 Å². The van der Waals surface area contributed by atoms with E-state index in [1.54, 1.807) is 12.4 Å². The number of aromatic nitrogens is 4.